The molecule has 4 nitrogen and oxygen atoms in total. The van der Waals surface area contributed by atoms with E-state index in [0.717, 1.165) is 52.6 Å². The van der Waals surface area contributed by atoms with Gasteiger partial charge in [-0.05, 0) is 66.4 Å². The molecule has 4 heteroatoms. The van der Waals surface area contributed by atoms with Crippen LogP contribution in [0.25, 0.3) is 0 Å². The van der Waals surface area contributed by atoms with Crippen molar-refractivity contribution >= 4 is 22.9 Å². The van der Waals surface area contributed by atoms with Gasteiger partial charge in [-0.2, -0.15) is 0 Å². The molecule has 0 radical (unpaired) electrons. The maximum absolute atomic E-state index is 12.8. The van der Waals surface area contributed by atoms with Crippen LogP contribution in [0, 0.1) is 0 Å². The minimum atomic E-state index is 0.139. The Bertz CT molecular complexity index is 1080. The van der Waals surface area contributed by atoms with Crippen molar-refractivity contribution in [2.45, 2.75) is 25.9 Å². The number of benzene rings is 3. The van der Waals surface area contributed by atoms with Crippen molar-refractivity contribution in [2.24, 2.45) is 4.99 Å². The Kier molecular flexibility index (Phi) is 5.06. The van der Waals surface area contributed by atoms with Crippen LogP contribution in [0.3, 0.4) is 0 Å². The standard InChI is InChI=1S/C26H24N2O2/c29-26-17-25(27-24-13-10-21(16-23(24)26)28-14-4-5-15-28)20-8-11-22(12-9-20)30-18-19-6-2-1-3-7-19/h1-3,6-13,16H,4-5,14-15,17-18H2. The number of Topliss-reactive ketones (excluding diaryl/α,β-unsaturated/α-hetero) is 1. The molecule has 5 rings (SSSR count). The number of carbonyl (C=O) groups is 1. The number of anilines is 1. The predicted molar refractivity (Wildman–Crippen MR) is 120 cm³/mol. The summed E-state index contributed by atoms with van der Waals surface area (Å²) in [5.41, 5.74) is 5.56. The molecule has 3 aromatic rings. The highest BCUT2D eigenvalue weighted by atomic mass is 16.5. The number of rotatable bonds is 5. The fourth-order valence-electron chi connectivity index (χ4n) is 4.10. The maximum atomic E-state index is 12.8. The SMILES string of the molecule is O=C1CC(c2ccc(OCc3ccccc3)cc2)=Nc2ccc(N3CCCC3)cc21. The maximum Gasteiger partial charge on any atom is 0.171 e. The molecule has 2 aliphatic heterocycles. The summed E-state index contributed by atoms with van der Waals surface area (Å²) in [6.45, 7) is 2.67. The molecule has 0 aliphatic carbocycles. The molecule has 0 bridgehead atoms. The highest BCUT2D eigenvalue weighted by Gasteiger charge is 2.23. The molecule has 150 valence electrons. The van der Waals surface area contributed by atoms with E-state index >= 15 is 0 Å². The zero-order valence-corrected chi connectivity index (χ0v) is 16.9. The van der Waals surface area contributed by atoms with Crippen molar-refractivity contribution in [3.05, 3.63) is 89.5 Å². The summed E-state index contributed by atoms with van der Waals surface area (Å²) in [5, 5.41) is 0. The molecule has 1 fully saturated rings. The minimum absolute atomic E-state index is 0.139. The Morgan fingerprint density at radius 1 is 0.900 bits per heavy atom. The molecule has 1 saturated heterocycles. The molecule has 0 amide bonds. The summed E-state index contributed by atoms with van der Waals surface area (Å²) < 4.78 is 5.86. The lowest BCUT2D eigenvalue weighted by Crippen LogP contribution is -2.19. The molecular weight excluding hydrogens is 372 g/mol. The van der Waals surface area contributed by atoms with E-state index in [1.807, 2.05) is 66.7 Å². The van der Waals surface area contributed by atoms with Crippen LogP contribution in [-0.4, -0.2) is 24.6 Å². The second-order valence-corrected chi connectivity index (χ2v) is 7.85. The lowest BCUT2D eigenvalue weighted by Gasteiger charge is -2.21. The van der Waals surface area contributed by atoms with Crippen LogP contribution in [0.1, 0.15) is 40.7 Å². The lowest BCUT2D eigenvalue weighted by atomic mass is 9.95. The van der Waals surface area contributed by atoms with E-state index in [2.05, 4.69) is 11.0 Å². The predicted octanol–water partition coefficient (Wildman–Crippen LogP) is 5.57. The first-order valence-corrected chi connectivity index (χ1v) is 10.5. The summed E-state index contributed by atoms with van der Waals surface area (Å²) in [7, 11) is 0. The number of hydrogen-bond donors (Lipinski definition) is 0. The number of hydrogen-bond acceptors (Lipinski definition) is 4. The van der Waals surface area contributed by atoms with Crippen molar-refractivity contribution in [3.8, 4) is 5.75 Å². The highest BCUT2D eigenvalue weighted by molar-refractivity contribution is 6.21. The lowest BCUT2D eigenvalue weighted by molar-refractivity contribution is 0.1000. The summed E-state index contributed by atoms with van der Waals surface area (Å²) >= 11 is 0. The average molecular weight is 396 g/mol. The molecule has 2 aliphatic rings. The first-order valence-electron chi connectivity index (χ1n) is 10.5. The van der Waals surface area contributed by atoms with E-state index in [1.54, 1.807) is 0 Å². The Hall–Kier alpha value is -3.40. The number of ether oxygens (including phenoxy) is 1. The van der Waals surface area contributed by atoms with Crippen molar-refractivity contribution in [2.75, 3.05) is 18.0 Å². The van der Waals surface area contributed by atoms with E-state index in [0.29, 0.717) is 13.0 Å². The first-order chi connectivity index (χ1) is 14.8. The summed E-state index contributed by atoms with van der Waals surface area (Å²) in [5.74, 6) is 0.946. The van der Waals surface area contributed by atoms with E-state index < -0.39 is 0 Å². The molecule has 3 aromatic carbocycles. The van der Waals surface area contributed by atoms with Gasteiger partial charge in [0.1, 0.15) is 12.4 Å². The molecule has 0 unspecified atom stereocenters. The van der Waals surface area contributed by atoms with E-state index in [4.69, 9.17) is 9.73 Å². The smallest absolute Gasteiger partial charge is 0.171 e. The van der Waals surface area contributed by atoms with Gasteiger partial charge in [0.05, 0.1) is 17.8 Å². The highest BCUT2D eigenvalue weighted by Crippen LogP contribution is 2.32. The van der Waals surface area contributed by atoms with Crippen LogP contribution in [0.2, 0.25) is 0 Å². The van der Waals surface area contributed by atoms with E-state index in [1.165, 1.54) is 12.8 Å². The number of nitrogens with zero attached hydrogens (tertiary/aromatic N) is 2. The number of ketones is 1. The molecule has 2 heterocycles. The summed E-state index contributed by atoms with van der Waals surface area (Å²) in [6.07, 6.45) is 2.78. The Morgan fingerprint density at radius 3 is 2.43 bits per heavy atom. The van der Waals surface area contributed by atoms with Crippen LogP contribution >= 0.6 is 0 Å². The van der Waals surface area contributed by atoms with Crippen molar-refractivity contribution in [1.82, 2.24) is 0 Å². The molecule has 0 N–H and O–H groups in total. The van der Waals surface area contributed by atoms with Gasteiger partial charge in [-0.25, -0.2) is 0 Å². The fraction of sp³-hybridized carbons (Fsp3) is 0.231. The minimum Gasteiger partial charge on any atom is -0.489 e. The molecule has 0 saturated carbocycles. The third kappa shape index (κ3) is 3.86. The van der Waals surface area contributed by atoms with Gasteiger partial charge in [-0.15, -0.1) is 0 Å². The Labute approximate surface area is 176 Å². The van der Waals surface area contributed by atoms with E-state index in [9.17, 15) is 4.79 Å². The van der Waals surface area contributed by atoms with Crippen molar-refractivity contribution in [1.29, 1.82) is 0 Å². The third-order valence-corrected chi connectivity index (χ3v) is 5.77. The summed E-state index contributed by atoms with van der Waals surface area (Å²) in [6, 6.07) is 24.0. The topological polar surface area (TPSA) is 41.9 Å². The van der Waals surface area contributed by atoms with Crippen LogP contribution in [0.15, 0.2) is 77.8 Å². The summed E-state index contributed by atoms with van der Waals surface area (Å²) in [4.78, 5) is 20.0. The van der Waals surface area contributed by atoms with Crippen LogP contribution in [0.5, 0.6) is 5.75 Å². The largest absolute Gasteiger partial charge is 0.489 e. The third-order valence-electron chi connectivity index (χ3n) is 5.77. The fourth-order valence-corrected chi connectivity index (χ4v) is 4.10. The first kappa shape index (κ1) is 18.6. The van der Waals surface area contributed by atoms with Gasteiger partial charge in [-0.3, -0.25) is 9.79 Å². The van der Waals surface area contributed by atoms with Crippen LogP contribution < -0.4 is 9.64 Å². The molecule has 30 heavy (non-hydrogen) atoms. The van der Waals surface area contributed by atoms with Gasteiger partial charge in [0.25, 0.3) is 0 Å². The van der Waals surface area contributed by atoms with Gasteiger partial charge in [0.15, 0.2) is 5.78 Å². The van der Waals surface area contributed by atoms with Crippen LogP contribution in [0.4, 0.5) is 11.4 Å². The van der Waals surface area contributed by atoms with Gasteiger partial charge >= 0.3 is 0 Å². The zero-order valence-electron chi connectivity index (χ0n) is 16.9. The molecule has 0 aromatic heterocycles. The van der Waals surface area contributed by atoms with Gasteiger partial charge in [0.2, 0.25) is 0 Å². The van der Waals surface area contributed by atoms with Crippen molar-refractivity contribution in [3.63, 3.8) is 0 Å². The van der Waals surface area contributed by atoms with Gasteiger partial charge in [0, 0.05) is 24.3 Å². The second-order valence-electron chi connectivity index (χ2n) is 7.85. The molecule has 0 atom stereocenters. The second kappa shape index (κ2) is 8.15. The quantitative estimate of drug-likeness (QED) is 0.566. The Balaban J connectivity index is 1.33. The van der Waals surface area contributed by atoms with Gasteiger partial charge in [-0.1, -0.05) is 30.3 Å². The number of aliphatic imine (C=N–C) groups is 1. The van der Waals surface area contributed by atoms with Crippen molar-refractivity contribution < 1.29 is 9.53 Å². The van der Waals surface area contributed by atoms with Crippen LogP contribution in [-0.2, 0) is 6.61 Å². The average Bonchev–Trinajstić information content (AvgIpc) is 3.34. The normalized spacial score (nSPS) is 15.7. The monoisotopic (exact) mass is 396 g/mol. The zero-order chi connectivity index (χ0) is 20.3. The van der Waals surface area contributed by atoms with E-state index in [-0.39, 0.29) is 5.78 Å². The molecular formula is C26H24N2O2. The Morgan fingerprint density at radius 2 is 1.67 bits per heavy atom. The number of fused-ring (bicyclic) bond motifs is 1. The molecule has 0 spiro atoms. The number of carbonyl (C=O) groups excluding carboxylic acids is 1. The van der Waals surface area contributed by atoms with Gasteiger partial charge < -0.3 is 9.64 Å².